The predicted molar refractivity (Wildman–Crippen MR) is 271 cm³/mol. The zero-order chi connectivity index (χ0) is 47.0. The highest BCUT2D eigenvalue weighted by Gasteiger charge is 2.35. The number of unbranched alkanes of at least 4 members (excludes halogenated alkanes) is 20. The first-order chi connectivity index (χ1) is 30.7. The highest BCUT2D eigenvalue weighted by atomic mass is 16.6. The summed E-state index contributed by atoms with van der Waals surface area (Å²) in [5.41, 5.74) is 0. The van der Waals surface area contributed by atoms with Crippen molar-refractivity contribution in [2.75, 3.05) is 32.9 Å². The van der Waals surface area contributed by atoms with Crippen LogP contribution in [-0.2, 0) is 23.8 Å². The van der Waals surface area contributed by atoms with Crippen molar-refractivity contribution in [3.05, 3.63) is 0 Å². The van der Waals surface area contributed by atoms with E-state index in [1.807, 2.05) is 4.90 Å². The summed E-state index contributed by atoms with van der Waals surface area (Å²) in [4.78, 5) is 41.2. The second-order valence-corrected chi connectivity index (χ2v) is 19.1. The van der Waals surface area contributed by atoms with Crippen LogP contribution >= 0.6 is 0 Å². The molecular formula is C56H111NO6. The van der Waals surface area contributed by atoms with Crippen LogP contribution in [0.4, 0.5) is 4.79 Å². The Labute approximate surface area is 393 Å². The van der Waals surface area contributed by atoms with Gasteiger partial charge in [-0.05, 0) is 82.5 Å². The topological polar surface area (TPSA) is 82.1 Å². The maximum Gasteiger partial charge on any atom is 0.409 e. The molecule has 0 aliphatic carbocycles. The molecule has 1 rings (SSSR count). The summed E-state index contributed by atoms with van der Waals surface area (Å²) in [7, 11) is 0. The molecule has 376 valence electrons. The first kappa shape index (κ1) is 63.3. The zero-order valence-corrected chi connectivity index (χ0v) is 44.0. The number of carbonyl (C=O) groups is 3. The number of likely N-dealkylation sites (tertiary alicyclic amines) is 1. The van der Waals surface area contributed by atoms with Crippen molar-refractivity contribution in [1.29, 1.82) is 0 Å². The van der Waals surface area contributed by atoms with E-state index >= 15 is 0 Å². The van der Waals surface area contributed by atoms with Crippen molar-refractivity contribution in [2.45, 2.75) is 287 Å². The van der Waals surface area contributed by atoms with Crippen molar-refractivity contribution >= 4 is 18.0 Å². The van der Waals surface area contributed by atoms with Crippen LogP contribution in [0.3, 0.4) is 0 Å². The van der Waals surface area contributed by atoms with Crippen LogP contribution in [0.1, 0.15) is 287 Å². The Morgan fingerprint density at radius 3 is 1.02 bits per heavy atom. The van der Waals surface area contributed by atoms with E-state index in [1.54, 1.807) is 0 Å². The predicted octanol–water partition coefficient (Wildman–Crippen LogP) is 17.8. The van der Waals surface area contributed by atoms with E-state index in [2.05, 4.69) is 62.3 Å². The molecule has 4 unspecified atom stereocenters. The van der Waals surface area contributed by atoms with Crippen LogP contribution < -0.4 is 0 Å². The van der Waals surface area contributed by atoms with E-state index in [9.17, 15) is 14.4 Å². The standard InChI is InChI=1S/C49H93NO6.C4H10.C3H8/c1-6-11-16-20-22-26-34-43(32-24-18-13-8-3)47(51)54-39-30-28-36-45-41-50(49(53)56-38-15-10-5)42-46(45)37-29-31-40-55-48(52)44(33-25-19-14-9-4)35-27-23-21-17-12-7-2;1-3-4-2;1-3-2/h43-46H,6-42H2,1-5H3;3-4H2,1-2H3;3H2,1-2H3. The van der Waals surface area contributed by atoms with Gasteiger partial charge in [0.25, 0.3) is 0 Å². The second-order valence-electron chi connectivity index (χ2n) is 19.1. The minimum absolute atomic E-state index is 0.0146. The maximum absolute atomic E-state index is 13.2. The third kappa shape index (κ3) is 39.1. The van der Waals surface area contributed by atoms with Crippen molar-refractivity contribution in [1.82, 2.24) is 4.90 Å². The highest BCUT2D eigenvalue weighted by Crippen LogP contribution is 2.32. The lowest BCUT2D eigenvalue weighted by atomic mass is 9.87. The average molecular weight is 895 g/mol. The number of carbonyl (C=O) groups excluding carboxylic acids is 3. The van der Waals surface area contributed by atoms with Crippen LogP contribution in [0.25, 0.3) is 0 Å². The Balaban J connectivity index is 0. The molecule has 0 radical (unpaired) electrons. The van der Waals surface area contributed by atoms with Gasteiger partial charge in [-0.25, -0.2) is 4.79 Å². The molecule has 7 heteroatoms. The number of rotatable bonds is 40. The summed E-state index contributed by atoms with van der Waals surface area (Å²) in [6.07, 6.45) is 39.7. The molecule has 0 aromatic rings. The van der Waals surface area contributed by atoms with Gasteiger partial charge in [0.2, 0.25) is 0 Å². The summed E-state index contributed by atoms with van der Waals surface area (Å²) in [5, 5.41) is 0. The summed E-state index contributed by atoms with van der Waals surface area (Å²) < 4.78 is 17.4. The second kappa shape index (κ2) is 49.6. The van der Waals surface area contributed by atoms with Gasteiger partial charge < -0.3 is 19.1 Å². The van der Waals surface area contributed by atoms with Gasteiger partial charge in [0.05, 0.1) is 31.7 Å². The third-order valence-corrected chi connectivity index (χ3v) is 12.8. The zero-order valence-electron chi connectivity index (χ0n) is 44.0. The van der Waals surface area contributed by atoms with E-state index in [0.29, 0.717) is 31.7 Å². The van der Waals surface area contributed by atoms with E-state index in [1.165, 1.54) is 122 Å². The first-order valence-corrected chi connectivity index (χ1v) is 28.0. The van der Waals surface area contributed by atoms with Gasteiger partial charge in [0, 0.05) is 13.1 Å². The van der Waals surface area contributed by atoms with Gasteiger partial charge in [-0.3, -0.25) is 9.59 Å². The largest absolute Gasteiger partial charge is 0.465 e. The normalized spacial score (nSPS) is 15.5. The van der Waals surface area contributed by atoms with Gasteiger partial charge in [0.1, 0.15) is 0 Å². The summed E-state index contributed by atoms with van der Waals surface area (Å²) in [5.74, 6) is 0.940. The molecule has 1 heterocycles. The van der Waals surface area contributed by atoms with E-state index in [-0.39, 0.29) is 29.9 Å². The average Bonchev–Trinajstić information content (AvgIpc) is 3.70. The molecule has 1 saturated heterocycles. The van der Waals surface area contributed by atoms with E-state index in [0.717, 1.165) is 116 Å². The minimum Gasteiger partial charge on any atom is -0.465 e. The first-order valence-electron chi connectivity index (χ1n) is 28.0. The van der Waals surface area contributed by atoms with Gasteiger partial charge in [0.15, 0.2) is 0 Å². The van der Waals surface area contributed by atoms with Gasteiger partial charge >= 0.3 is 18.0 Å². The lowest BCUT2D eigenvalue weighted by Gasteiger charge is -2.19. The molecule has 63 heavy (non-hydrogen) atoms. The molecule has 1 amide bonds. The van der Waals surface area contributed by atoms with Crippen LogP contribution in [0.5, 0.6) is 0 Å². The van der Waals surface area contributed by atoms with Crippen molar-refractivity contribution in [2.24, 2.45) is 23.7 Å². The molecule has 0 bridgehead atoms. The van der Waals surface area contributed by atoms with Crippen molar-refractivity contribution in [3.8, 4) is 0 Å². The van der Waals surface area contributed by atoms with Crippen LogP contribution in [-0.4, -0.2) is 55.8 Å². The van der Waals surface area contributed by atoms with Gasteiger partial charge in [-0.2, -0.15) is 0 Å². The molecule has 1 fully saturated rings. The Bertz CT molecular complexity index is 910. The fourth-order valence-electron chi connectivity index (χ4n) is 8.47. The Morgan fingerprint density at radius 2 is 0.683 bits per heavy atom. The molecule has 1 aliphatic rings. The van der Waals surface area contributed by atoms with Crippen LogP contribution in [0.15, 0.2) is 0 Å². The van der Waals surface area contributed by atoms with Crippen LogP contribution in [0.2, 0.25) is 0 Å². The summed E-state index contributed by atoms with van der Waals surface area (Å²) in [6, 6.07) is 0. The fourth-order valence-corrected chi connectivity index (χ4v) is 8.47. The van der Waals surface area contributed by atoms with E-state index < -0.39 is 0 Å². The molecule has 0 saturated carbocycles. The molecule has 0 aromatic heterocycles. The highest BCUT2D eigenvalue weighted by molar-refractivity contribution is 5.72. The summed E-state index contributed by atoms with van der Waals surface area (Å²) >= 11 is 0. The molecule has 4 atom stereocenters. The number of amides is 1. The van der Waals surface area contributed by atoms with Crippen molar-refractivity contribution < 1.29 is 28.6 Å². The quantitative estimate of drug-likeness (QED) is 0.0346. The SMILES string of the molecule is CCC.CCCC.CCCCCCCCC(CCCCCC)C(=O)OCCCCC1CN(C(=O)OCCCC)CC1CCCCOC(=O)C(CCCCCC)CCCCCCCC. The van der Waals surface area contributed by atoms with E-state index in [4.69, 9.17) is 14.2 Å². The fraction of sp³-hybridized carbons (Fsp3) is 0.946. The number of hydrogen-bond donors (Lipinski definition) is 0. The number of hydrogen-bond acceptors (Lipinski definition) is 6. The molecule has 0 spiro atoms. The van der Waals surface area contributed by atoms with Crippen molar-refractivity contribution in [3.63, 3.8) is 0 Å². The summed E-state index contributed by atoms with van der Waals surface area (Å²) in [6.45, 7) is 22.6. The smallest absolute Gasteiger partial charge is 0.409 e. The Hall–Kier alpha value is -1.79. The van der Waals surface area contributed by atoms with Crippen LogP contribution in [0, 0.1) is 23.7 Å². The lowest BCUT2D eigenvalue weighted by molar-refractivity contribution is -0.150. The van der Waals surface area contributed by atoms with Gasteiger partial charge in [-0.15, -0.1) is 0 Å². The Kier molecular flexibility index (Phi) is 49.9. The Morgan fingerprint density at radius 1 is 0.381 bits per heavy atom. The molecular weight excluding hydrogens is 783 g/mol. The molecule has 7 nitrogen and oxygen atoms in total. The minimum atomic E-state index is -0.181. The molecule has 0 aromatic carbocycles. The lowest BCUT2D eigenvalue weighted by Crippen LogP contribution is -2.30. The molecule has 1 aliphatic heterocycles. The monoisotopic (exact) mass is 894 g/mol. The maximum atomic E-state index is 13.2. The third-order valence-electron chi connectivity index (χ3n) is 12.8. The number of ether oxygens (including phenoxy) is 3. The number of nitrogens with zero attached hydrogens (tertiary/aromatic N) is 1. The van der Waals surface area contributed by atoms with Gasteiger partial charge in [-0.1, -0.05) is 216 Å². The number of esters is 2. The molecule has 0 N–H and O–H groups in total.